The van der Waals surface area contributed by atoms with Crippen LogP contribution >= 0.6 is 11.3 Å². The third-order valence-corrected chi connectivity index (χ3v) is 3.51. The fraction of sp³-hybridized carbons (Fsp3) is 0.231. The van der Waals surface area contributed by atoms with Gasteiger partial charge in [0.1, 0.15) is 5.82 Å². The molecule has 21 heavy (non-hydrogen) atoms. The molecule has 0 aliphatic heterocycles. The Morgan fingerprint density at radius 2 is 2.00 bits per heavy atom. The second-order valence-corrected chi connectivity index (χ2v) is 5.18. The van der Waals surface area contributed by atoms with E-state index in [-0.39, 0.29) is 11.1 Å². The van der Waals surface area contributed by atoms with Crippen LogP contribution in [0, 0.1) is 19.7 Å². The van der Waals surface area contributed by atoms with E-state index < -0.39 is 17.6 Å². The van der Waals surface area contributed by atoms with Gasteiger partial charge in [0.25, 0.3) is 0 Å². The number of anilines is 1. The van der Waals surface area contributed by atoms with Crippen LogP contribution < -0.4 is 5.43 Å². The molecule has 2 aromatic rings. The molecule has 0 radical (unpaired) electrons. The number of nitrogens with one attached hydrogen (secondary N) is 1. The third kappa shape index (κ3) is 3.57. The minimum Gasteiger partial charge on any atom is -0.253 e. The summed E-state index contributed by atoms with van der Waals surface area (Å²) >= 11 is 1.29. The number of hydrogen-bond donors (Lipinski definition) is 1. The van der Waals surface area contributed by atoms with E-state index >= 15 is 0 Å². The molecule has 2 rings (SSSR count). The molecule has 0 bridgehead atoms. The van der Waals surface area contributed by atoms with E-state index in [1.807, 2.05) is 0 Å². The summed E-state index contributed by atoms with van der Waals surface area (Å²) < 4.78 is 52.2. The van der Waals surface area contributed by atoms with Crippen molar-refractivity contribution in [2.24, 2.45) is 5.10 Å². The quantitative estimate of drug-likeness (QED) is 0.519. The van der Waals surface area contributed by atoms with Crippen molar-refractivity contribution in [3.63, 3.8) is 0 Å². The molecular formula is C13H11F4N3S. The van der Waals surface area contributed by atoms with Gasteiger partial charge in [-0.25, -0.2) is 9.37 Å². The second-order valence-electron chi connectivity index (χ2n) is 4.32. The average molecular weight is 317 g/mol. The van der Waals surface area contributed by atoms with Gasteiger partial charge in [0.05, 0.1) is 17.5 Å². The molecule has 1 aromatic heterocycles. The van der Waals surface area contributed by atoms with Crippen LogP contribution in [0.25, 0.3) is 0 Å². The smallest absolute Gasteiger partial charge is 0.253 e. The van der Waals surface area contributed by atoms with Gasteiger partial charge in [-0.1, -0.05) is 12.1 Å². The standard InChI is InChI=1S/C13H11F4N3S/c1-7-3-4-9(11(14)10(7)13(15,16)17)5-18-20-12-19-8(2)6-21-12/h3-6H,1-2H3,(H,19,20). The largest absolute Gasteiger partial charge is 0.419 e. The van der Waals surface area contributed by atoms with Crippen LogP contribution in [0.15, 0.2) is 22.6 Å². The lowest BCUT2D eigenvalue weighted by Crippen LogP contribution is -2.12. The average Bonchev–Trinajstić information content (AvgIpc) is 2.76. The topological polar surface area (TPSA) is 37.3 Å². The number of hydrogen-bond acceptors (Lipinski definition) is 4. The van der Waals surface area contributed by atoms with Crippen molar-refractivity contribution in [2.75, 3.05) is 5.43 Å². The highest BCUT2D eigenvalue weighted by Crippen LogP contribution is 2.34. The lowest BCUT2D eigenvalue weighted by molar-refractivity contribution is -0.140. The predicted molar refractivity (Wildman–Crippen MR) is 74.2 cm³/mol. The number of aromatic nitrogens is 1. The lowest BCUT2D eigenvalue weighted by atomic mass is 10.0. The Kier molecular flexibility index (Phi) is 4.26. The number of alkyl halides is 3. The number of thiazole rings is 1. The molecule has 112 valence electrons. The molecular weight excluding hydrogens is 306 g/mol. The van der Waals surface area contributed by atoms with E-state index in [0.717, 1.165) is 11.9 Å². The van der Waals surface area contributed by atoms with Gasteiger partial charge >= 0.3 is 6.18 Å². The van der Waals surface area contributed by atoms with E-state index in [1.165, 1.54) is 30.4 Å². The Labute approximate surface area is 122 Å². The third-order valence-electron chi connectivity index (χ3n) is 2.65. The summed E-state index contributed by atoms with van der Waals surface area (Å²) in [4.78, 5) is 4.06. The van der Waals surface area contributed by atoms with Gasteiger partial charge in [-0.3, -0.25) is 5.43 Å². The van der Waals surface area contributed by atoms with Crippen molar-refractivity contribution < 1.29 is 17.6 Å². The molecule has 1 aromatic carbocycles. The van der Waals surface area contributed by atoms with Crippen molar-refractivity contribution in [3.8, 4) is 0 Å². The zero-order valence-corrected chi connectivity index (χ0v) is 11.9. The zero-order chi connectivity index (χ0) is 15.6. The van der Waals surface area contributed by atoms with Gasteiger partial charge in [0, 0.05) is 10.9 Å². The van der Waals surface area contributed by atoms with Crippen LogP contribution in [0.5, 0.6) is 0 Å². The molecule has 0 atom stereocenters. The summed E-state index contributed by atoms with van der Waals surface area (Å²) in [5.74, 6) is -1.33. The number of aryl methyl sites for hydroxylation is 2. The minimum absolute atomic E-state index is 0.166. The molecule has 1 N–H and O–H groups in total. The van der Waals surface area contributed by atoms with Gasteiger partial charge < -0.3 is 0 Å². The maximum Gasteiger partial charge on any atom is 0.419 e. The Bertz CT molecular complexity index is 677. The van der Waals surface area contributed by atoms with E-state index in [0.29, 0.717) is 5.13 Å². The highest BCUT2D eigenvalue weighted by atomic mass is 32.1. The van der Waals surface area contributed by atoms with Crippen molar-refractivity contribution in [3.05, 3.63) is 45.7 Å². The van der Waals surface area contributed by atoms with Gasteiger partial charge in [-0.15, -0.1) is 11.3 Å². The van der Waals surface area contributed by atoms with E-state index in [9.17, 15) is 17.6 Å². The van der Waals surface area contributed by atoms with Crippen LogP contribution in [0.1, 0.15) is 22.4 Å². The Hall–Kier alpha value is -1.96. The number of rotatable bonds is 3. The molecule has 0 saturated carbocycles. The second kappa shape index (κ2) is 5.80. The summed E-state index contributed by atoms with van der Waals surface area (Å²) in [6.07, 6.45) is -3.74. The summed E-state index contributed by atoms with van der Waals surface area (Å²) in [5, 5.41) is 5.97. The predicted octanol–water partition coefficient (Wildman–Crippen LogP) is 4.36. The number of nitrogens with zero attached hydrogens (tertiary/aromatic N) is 2. The highest BCUT2D eigenvalue weighted by Gasteiger charge is 2.36. The van der Waals surface area contributed by atoms with E-state index in [1.54, 1.807) is 12.3 Å². The van der Waals surface area contributed by atoms with Gasteiger partial charge in [-0.2, -0.15) is 18.3 Å². The molecule has 0 unspecified atom stereocenters. The molecule has 0 aliphatic rings. The first kappa shape index (κ1) is 15.4. The maximum atomic E-state index is 13.9. The Morgan fingerprint density at radius 1 is 1.29 bits per heavy atom. The maximum absolute atomic E-state index is 13.9. The fourth-order valence-corrected chi connectivity index (χ4v) is 2.34. The summed E-state index contributed by atoms with van der Waals surface area (Å²) in [6.45, 7) is 3.00. The van der Waals surface area contributed by atoms with Gasteiger partial charge in [-0.05, 0) is 19.4 Å². The van der Waals surface area contributed by atoms with Crippen molar-refractivity contribution >= 4 is 22.7 Å². The SMILES string of the molecule is Cc1csc(NN=Cc2ccc(C)c(C(F)(F)F)c2F)n1. The fourth-order valence-electron chi connectivity index (χ4n) is 1.70. The number of hydrazone groups is 1. The molecule has 0 spiro atoms. The zero-order valence-electron chi connectivity index (χ0n) is 11.1. The van der Waals surface area contributed by atoms with Crippen molar-refractivity contribution in [1.82, 2.24) is 4.98 Å². The molecule has 3 nitrogen and oxygen atoms in total. The molecule has 0 saturated heterocycles. The van der Waals surface area contributed by atoms with Crippen LogP contribution in [0.3, 0.4) is 0 Å². The summed E-state index contributed by atoms with van der Waals surface area (Å²) in [5.41, 5.74) is 1.66. The highest BCUT2D eigenvalue weighted by molar-refractivity contribution is 7.13. The summed E-state index contributed by atoms with van der Waals surface area (Å²) in [7, 11) is 0. The van der Waals surface area contributed by atoms with E-state index in [2.05, 4.69) is 15.5 Å². The Balaban J connectivity index is 2.25. The summed E-state index contributed by atoms with van der Waals surface area (Å²) in [6, 6.07) is 2.46. The molecule has 0 amide bonds. The van der Waals surface area contributed by atoms with Crippen LogP contribution in [-0.4, -0.2) is 11.2 Å². The van der Waals surface area contributed by atoms with E-state index in [4.69, 9.17) is 0 Å². The van der Waals surface area contributed by atoms with Gasteiger partial charge in [0.2, 0.25) is 5.13 Å². The number of halogens is 4. The lowest BCUT2D eigenvalue weighted by Gasteiger charge is -2.12. The number of benzene rings is 1. The van der Waals surface area contributed by atoms with Gasteiger partial charge in [0.15, 0.2) is 0 Å². The van der Waals surface area contributed by atoms with Crippen LogP contribution in [0.4, 0.5) is 22.7 Å². The molecule has 8 heteroatoms. The molecule has 0 fully saturated rings. The first-order chi connectivity index (χ1) is 9.79. The van der Waals surface area contributed by atoms with Crippen LogP contribution in [0.2, 0.25) is 0 Å². The normalized spacial score (nSPS) is 12.1. The minimum atomic E-state index is -4.74. The van der Waals surface area contributed by atoms with Crippen LogP contribution in [-0.2, 0) is 6.18 Å². The first-order valence-corrected chi connectivity index (χ1v) is 6.74. The van der Waals surface area contributed by atoms with Crippen molar-refractivity contribution in [1.29, 1.82) is 0 Å². The van der Waals surface area contributed by atoms with Crippen molar-refractivity contribution in [2.45, 2.75) is 20.0 Å². The first-order valence-electron chi connectivity index (χ1n) is 5.86. The molecule has 1 heterocycles. The monoisotopic (exact) mass is 317 g/mol. The Morgan fingerprint density at radius 3 is 2.57 bits per heavy atom. The molecule has 0 aliphatic carbocycles.